The third-order valence-electron chi connectivity index (χ3n) is 4.92. The van der Waals surface area contributed by atoms with E-state index in [9.17, 15) is 27.6 Å². The first-order valence-corrected chi connectivity index (χ1v) is 11.8. The molecule has 0 saturated carbocycles. The van der Waals surface area contributed by atoms with Crippen molar-refractivity contribution in [2.24, 2.45) is 5.73 Å². The number of benzene rings is 2. The number of anilines is 1. The number of carbonyl (C=O) groups excluding carboxylic acids is 3. The van der Waals surface area contributed by atoms with Crippen molar-refractivity contribution < 1.29 is 37.0 Å². The molecule has 12 nitrogen and oxygen atoms in total. The number of alkyl halides is 3. The van der Waals surface area contributed by atoms with Gasteiger partial charge in [-0.2, -0.15) is 23.0 Å². The van der Waals surface area contributed by atoms with E-state index in [1.807, 2.05) is 0 Å². The van der Waals surface area contributed by atoms with Crippen molar-refractivity contribution in [1.82, 2.24) is 19.6 Å². The Morgan fingerprint density at radius 1 is 1.05 bits per heavy atom. The molecule has 0 aliphatic rings. The van der Waals surface area contributed by atoms with Gasteiger partial charge in [0.1, 0.15) is 0 Å². The van der Waals surface area contributed by atoms with Gasteiger partial charge in [-0.3, -0.25) is 15.5 Å². The van der Waals surface area contributed by atoms with Crippen LogP contribution in [0, 0.1) is 5.41 Å². The van der Waals surface area contributed by atoms with E-state index in [0.717, 1.165) is 11.3 Å². The molecule has 2 aromatic heterocycles. The van der Waals surface area contributed by atoms with E-state index in [0.29, 0.717) is 16.4 Å². The van der Waals surface area contributed by atoms with E-state index in [1.165, 1.54) is 53.2 Å². The van der Waals surface area contributed by atoms with Gasteiger partial charge in [0.05, 0.1) is 18.0 Å². The fourth-order valence-electron chi connectivity index (χ4n) is 3.22. The van der Waals surface area contributed by atoms with E-state index in [1.54, 1.807) is 6.92 Å². The minimum absolute atomic E-state index is 0.00243. The van der Waals surface area contributed by atoms with Crippen molar-refractivity contribution in [2.45, 2.75) is 13.1 Å². The lowest BCUT2D eigenvalue weighted by Gasteiger charge is -2.10. The third kappa shape index (κ3) is 6.12. The summed E-state index contributed by atoms with van der Waals surface area (Å²) in [6, 6.07) is 11.7. The average Bonchev–Trinajstić information content (AvgIpc) is 3.48. The molecule has 2 heterocycles. The number of nitrogens with zero attached hydrogens (tertiary/aromatic N) is 4. The van der Waals surface area contributed by atoms with Crippen LogP contribution < -0.4 is 20.6 Å². The van der Waals surface area contributed by atoms with Gasteiger partial charge in [-0.1, -0.05) is 17.4 Å². The smallest absolute Gasteiger partial charge is 0.435 e. The molecule has 0 saturated heterocycles. The normalized spacial score (nSPS) is 11.2. The Morgan fingerprint density at radius 3 is 2.41 bits per heavy atom. The number of esters is 1. The highest BCUT2D eigenvalue weighted by molar-refractivity contribution is 7.10. The standard InChI is InChI=1S/C23H18F3N7O5S/c1-2-37-20(35)19-31-33(21(28)39-19)14-8-6-13(7-9-14)29-22(36)38-17-11-16(23(24,25)26)30-32(17)15-5-3-4-12(10-15)18(27)34/h3-11,28H,2H2,1H3,(H2,27,34)(H,29,36). The monoisotopic (exact) mass is 561 g/mol. The number of hydrogen-bond donors (Lipinski definition) is 3. The van der Waals surface area contributed by atoms with Crippen LogP contribution in [-0.2, 0) is 10.9 Å². The molecule has 4 N–H and O–H groups in total. The van der Waals surface area contributed by atoms with Gasteiger partial charge in [-0.15, -0.1) is 5.10 Å². The maximum Gasteiger partial charge on any atom is 0.435 e. The number of aromatic nitrogens is 4. The van der Waals surface area contributed by atoms with Crippen molar-refractivity contribution in [3.63, 3.8) is 0 Å². The number of hydrogen-bond acceptors (Lipinski definition) is 9. The average molecular weight is 562 g/mol. The molecule has 0 unspecified atom stereocenters. The molecule has 16 heteroatoms. The molecule has 0 spiro atoms. The van der Waals surface area contributed by atoms with Crippen LogP contribution in [0.15, 0.2) is 54.6 Å². The quantitative estimate of drug-likeness (QED) is 0.290. The molecule has 0 fully saturated rings. The van der Waals surface area contributed by atoms with Crippen molar-refractivity contribution in [1.29, 1.82) is 5.41 Å². The zero-order valence-electron chi connectivity index (χ0n) is 19.9. The molecule has 0 radical (unpaired) electrons. The minimum atomic E-state index is -4.84. The molecule has 0 atom stereocenters. The summed E-state index contributed by atoms with van der Waals surface area (Å²) in [7, 11) is 0. The molecule has 0 aliphatic carbocycles. The van der Waals surface area contributed by atoms with E-state index < -0.39 is 35.7 Å². The molecular weight excluding hydrogens is 543 g/mol. The van der Waals surface area contributed by atoms with Crippen LogP contribution in [0.4, 0.5) is 23.7 Å². The molecule has 4 rings (SSSR count). The number of halogens is 3. The molecule has 0 aliphatic heterocycles. The summed E-state index contributed by atoms with van der Waals surface area (Å²) < 4.78 is 51.9. The lowest BCUT2D eigenvalue weighted by molar-refractivity contribution is -0.141. The molecule has 4 aromatic rings. The maximum absolute atomic E-state index is 13.3. The molecule has 0 bridgehead atoms. The largest absolute Gasteiger partial charge is 0.461 e. The van der Waals surface area contributed by atoms with Crippen LogP contribution in [0.2, 0.25) is 0 Å². The van der Waals surface area contributed by atoms with Gasteiger partial charge in [0, 0.05) is 17.3 Å². The zero-order valence-corrected chi connectivity index (χ0v) is 20.7. The predicted molar refractivity (Wildman–Crippen MR) is 130 cm³/mol. The Kier molecular flexibility index (Phi) is 7.48. The van der Waals surface area contributed by atoms with E-state index in [-0.39, 0.29) is 33.4 Å². The van der Waals surface area contributed by atoms with Crippen molar-refractivity contribution >= 4 is 35.0 Å². The highest BCUT2D eigenvalue weighted by atomic mass is 32.1. The van der Waals surface area contributed by atoms with E-state index in [4.69, 9.17) is 20.6 Å². The van der Waals surface area contributed by atoms with Crippen LogP contribution >= 0.6 is 11.3 Å². The summed E-state index contributed by atoms with van der Waals surface area (Å²) in [6.45, 7) is 1.79. The van der Waals surface area contributed by atoms with Crippen molar-refractivity contribution in [2.75, 3.05) is 11.9 Å². The molecule has 2 amide bonds. The van der Waals surface area contributed by atoms with Crippen LogP contribution in [-0.4, -0.2) is 44.1 Å². The second-order valence-corrected chi connectivity index (χ2v) is 8.58. The fourth-order valence-corrected chi connectivity index (χ4v) is 3.90. The van der Waals surface area contributed by atoms with Gasteiger partial charge < -0.3 is 15.2 Å². The van der Waals surface area contributed by atoms with Gasteiger partial charge in [-0.05, 0) is 49.4 Å². The van der Waals surface area contributed by atoms with Gasteiger partial charge in [-0.25, -0.2) is 14.3 Å². The highest BCUT2D eigenvalue weighted by Crippen LogP contribution is 2.32. The van der Waals surface area contributed by atoms with E-state index in [2.05, 4.69) is 15.5 Å². The van der Waals surface area contributed by atoms with Gasteiger partial charge in [0.2, 0.25) is 21.6 Å². The highest BCUT2D eigenvalue weighted by Gasteiger charge is 2.36. The first-order valence-electron chi connectivity index (χ1n) is 10.9. The zero-order chi connectivity index (χ0) is 28.3. The van der Waals surface area contributed by atoms with Crippen molar-refractivity contribution in [3.8, 4) is 17.3 Å². The number of carbonyl (C=O) groups is 3. The summed E-state index contributed by atoms with van der Waals surface area (Å²) in [5.41, 5.74) is 4.53. The minimum Gasteiger partial charge on any atom is -0.461 e. The Hall–Kier alpha value is -4.99. The van der Waals surface area contributed by atoms with Gasteiger partial charge in [0.15, 0.2) is 5.69 Å². The summed E-state index contributed by atoms with van der Waals surface area (Å²) in [6.07, 6.45) is -5.97. The summed E-state index contributed by atoms with van der Waals surface area (Å²) in [5.74, 6) is -2.04. The first kappa shape index (κ1) is 27.1. The van der Waals surface area contributed by atoms with Crippen LogP contribution in [0.5, 0.6) is 5.88 Å². The second-order valence-electron chi connectivity index (χ2n) is 7.60. The Balaban J connectivity index is 1.54. The fraction of sp³-hybridized carbons (Fsp3) is 0.130. The Morgan fingerprint density at radius 2 is 1.77 bits per heavy atom. The molecule has 2 aromatic carbocycles. The number of ether oxygens (including phenoxy) is 2. The lowest BCUT2D eigenvalue weighted by atomic mass is 10.2. The lowest BCUT2D eigenvalue weighted by Crippen LogP contribution is -2.19. The number of rotatable bonds is 7. The SMILES string of the molecule is CCOC(=O)c1nn(-c2ccc(NC(=O)Oc3cc(C(F)(F)F)nn3-c3cccc(C(N)=O)c3)cc2)c(=N)s1. The maximum atomic E-state index is 13.3. The number of primary amides is 1. The second kappa shape index (κ2) is 10.8. The van der Waals surface area contributed by atoms with Crippen LogP contribution in [0.25, 0.3) is 11.4 Å². The van der Waals surface area contributed by atoms with E-state index >= 15 is 0 Å². The summed E-state index contributed by atoms with van der Waals surface area (Å²) in [4.78, 5) is 35.8. The Labute approximate surface area is 220 Å². The number of amides is 2. The Bertz CT molecular complexity index is 1610. The van der Waals surface area contributed by atoms with Crippen LogP contribution in [0.1, 0.15) is 32.8 Å². The van der Waals surface area contributed by atoms with Crippen molar-refractivity contribution in [3.05, 3.63) is 75.7 Å². The van der Waals surface area contributed by atoms with Gasteiger partial charge >= 0.3 is 18.2 Å². The number of nitrogens with one attached hydrogen (secondary N) is 2. The first-order chi connectivity index (χ1) is 18.5. The third-order valence-corrected chi connectivity index (χ3v) is 5.73. The summed E-state index contributed by atoms with van der Waals surface area (Å²) in [5, 5.41) is 17.9. The van der Waals surface area contributed by atoms with Crippen LogP contribution in [0.3, 0.4) is 0 Å². The number of nitrogens with two attached hydrogens (primary N) is 1. The topological polar surface area (TPSA) is 167 Å². The predicted octanol–water partition coefficient (Wildman–Crippen LogP) is 3.50. The van der Waals surface area contributed by atoms with Gasteiger partial charge in [0.25, 0.3) is 0 Å². The molecular formula is C23H18F3N7O5S. The summed E-state index contributed by atoms with van der Waals surface area (Å²) >= 11 is 0.819. The molecule has 202 valence electrons. The molecule has 39 heavy (non-hydrogen) atoms.